The Morgan fingerprint density at radius 3 is 2.22 bits per heavy atom. The maximum absolute atomic E-state index is 8.56. The van der Waals surface area contributed by atoms with Crippen molar-refractivity contribution in [1.82, 2.24) is 0 Å². The highest BCUT2D eigenvalue weighted by atomic mass is 16.6. The monoisotopic (exact) mass is 132 g/mol. The van der Waals surface area contributed by atoms with E-state index in [0.29, 0.717) is 0 Å². The van der Waals surface area contributed by atoms with Gasteiger partial charge in [0.2, 0.25) is 0 Å². The number of carboxylic acid groups (broad SMARTS) is 2. The molecule has 9 heavy (non-hydrogen) atoms. The summed E-state index contributed by atoms with van der Waals surface area (Å²) < 4.78 is 4.76. The molecule has 1 heterocycles. The van der Waals surface area contributed by atoms with Crippen molar-refractivity contribution < 1.29 is 19.7 Å². The Morgan fingerprint density at radius 2 is 2.11 bits per heavy atom. The van der Waals surface area contributed by atoms with Crippen LogP contribution in [0.25, 0.3) is 0 Å². The molecule has 1 rings (SSSR count). The van der Waals surface area contributed by atoms with E-state index < -0.39 is 6.16 Å². The summed E-state index contributed by atoms with van der Waals surface area (Å²) in [6, 6.07) is 0. The number of hydrogen-bond donors (Lipinski definition) is 2. The fourth-order valence-corrected chi connectivity index (χ4v) is 0.340. The van der Waals surface area contributed by atoms with E-state index in [2.05, 4.69) is 0 Å². The fraction of sp³-hybridized carbons (Fsp3) is 0.400. The smallest absolute Gasteiger partial charge is 0.501 e. The second-order valence-electron chi connectivity index (χ2n) is 1.31. The molecule has 0 bridgehead atoms. The molecule has 0 aliphatic carbocycles. The van der Waals surface area contributed by atoms with Crippen LogP contribution in [0.3, 0.4) is 0 Å². The summed E-state index contributed by atoms with van der Waals surface area (Å²) in [5, 5.41) is 13.9. The van der Waals surface area contributed by atoms with Crippen molar-refractivity contribution in [3.63, 3.8) is 0 Å². The van der Waals surface area contributed by atoms with Crippen LogP contribution in [0.5, 0.6) is 0 Å². The maximum Gasteiger partial charge on any atom is 0.503 e. The molecule has 0 radical (unpaired) electrons. The number of ether oxygens (including phenoxy) is 1. The number of rotatable bonds is 0. The molecule has 0 amide bonds. The van der Waals surface area contributed by atoms with Gasteiger partial charge in [-0.2, -0.15) is 0 Å². The van der Waals surface area contributed by atoms with Crippen molar-refractivity contribution in [2.75, 3.05) is 6.61 Å². The van der Waals surface area contributed by atoms with Crippen LogP contribution >= 0.6 is 0 Å². The number of hydrogen-bond acceptors (Lipinski definition) is 2. The van der Waals surface area contributed by atoms with Crippen molar-refractivity contribution in [1.29, 1.82) is 0 Å². The third kappa shape index (κ3) is 10.9. The van der Waals surface area contributed by atoms with Crippen molar-refractivity contribution in [3.05, 3.63) is 12.3 Å². The molecular weight excluding hydrogens is 124 g/mol. The maximum atomic E-state index is 8.56. The van der Waals surface area contributed by atoms with E-state index in [1.165, 1.54) is 0 Å². The Bertz CT molecular complexity index is 97.5. The second-order valence-corrected chi connectivity index (χ2v) is 1.31. The van der Waals surface area contributed by atoms with Gasteiger partial charge in [-0.25, -0.2) is 4.79 Å². The van der Waals surface area contributed by atoms with Crippen LogP contribution in [-0.2, 0) is 4.74 Å². The van der Waals surface area contributed by atoms with E-state index in [4.69, 9.17) is 19.7 Å². The first-order chi connectivity index (χ1) is 4.23. The minimum atomic E-state index is -1.83. The molecule has 0 spiro atoms. The van der Waals surface area contributed by atoms with Crippen LogP contribution in [0.4, 0.5) is 4.79 Å². The standard InChI is InChI=1S/C4H6O.CH2O3/c1-2-4-5-3-1;2-1(3)4/h1,3H,2,4H2;(H2,2,3,4). The van der Waals surface area contributed by atoms with Gasteiger partial charge in [0.1, 0.15) is 0 Å². The fourth-order valence-electron chi connectivity index (χ4n) is 0.340. The van der Waals surface area contributed by atoms with Crippen molar-refractivity contribution >= 4 is 6.16 Å². The van der Waals surface area contributed by atoms with Gasteiger partial charge >= 0.3 is 6.16 Å². The topological polar surface area (TPSA) is 66.8 Å². The van der Waals surface area contributed by atoms with Crippen LogP contribution in [0.2, 0.25) is 0 Å². The second kappa shape index (κ2) is 4.96. The van der Waals surface area contributed by atoms with Gasteiger partial charge in [-0.1, -0.05) is 0 Å². The first kappa shape index (κ1) is 7.81. The van der Waals surface area contributed by atoms with Crippen LogP contribution in [0, 0.1) is 0 Å². The summed E-state index contributed by atoms with van der Waals surface area (Å²) in [6.45, 7) is 0.889. The van der Waals surface area contributed by atoms with Gasteiger partial charge in [0.05, 0.1) is 12.9 Å². The van der Waals surface area contributed by atoms with Crippen molar-refractivity contribution in [3.8, 4) is 0 Å². The first-order valence-corrected chi connectivity index (χ1v) is 2.42. The molecule has 0 saturated carbocycles. The summed E-state index contributed by atoms with van der Waals surface area (Å²) >= 11 is 0. The lowest BCUT2D eigenvalue weighted by atomic mass is 10.5. The average Bonchev–Trinajstić information content (AvgIpc) is 2.11. The van der Waals surface area contributed by atoms with Crippen LogP contribution in [0.15, 0.2) is 12.3 Å². The summed E-state index contributed by atoms with van der Waals surface area (Å²) in [7, 11) is 0. The van der Waals surface area contributed by atoms with E-state index in [1.54, 1.807) is 6.26 Å². The van der Waals surface area contributed by atoms with E-state index in [0.717, 1.165) is 13.0 Å². The van der Waals surface area contributed by atoms with Gasteiger partial charge in [-0.3, -0.25) is 0 Å². The van der Waals surface area contributed by atoms with Crippen LogP contribution < -0.4 is 0 Å². The Hall–Kier alpha value is -1.19. The Balaban J connectivity index is 0.000000148. The molecule has 4 nitrogen and oxygen atoms in total. The molecular formula is C5H8O4. The summed E-state index contributed by atoms with van der Waals surface area (Å²) in [5.74, 6) is 0. The highest BCUT2D eigenvalue weighted by molar-refractivity contribution is 5.53. The van der Waals surface area contributed by atoms with Gasteiger partial charge < -0.3 is 14.9 Å². The lowest BCUT2D eigenvalue weighted by Gasteiger charge is -1.79. The molecule has 1 aliphatic rings. The Kier molecular flexibility index (Phi) is 4.30. The van der Waals surface area contributed by atoms with E-state index in [1.807, 2.05) is 6.08 Å². The minimum Gasteiger partial charge on any atom is -0.501 e. The van der Waals surface area contributed by atoms with Gasteiger partial charge in [0.15, 0.2) is 0 Å². The molecule has 0 unspecified atom stereocenters. The minimum absolute atomic E-state index is 0.889. The number of carbonyl (C=O) groups is 1. The quantitative estimate of drug-likeness (QED) is 0.518. The summed E-state index contributed by atoms with van der Waals surface area (Å²) in [4.78, 5) is 8.56. The molecule has 2 N–H and O–H groups in total. The predicted molar refractivity (Wildman–Crippen MR) is 30.4 cm³/mol. The van der Waals surface area contributed by atoms with Crippen molar-refractivity contribution in [2.45, 2.75) is 6.42 Å². The first-order valence-electron chi connectivity index (χ1n) is 2.42. The third-order valence-electron chi connectivity index (χ3n) is 0.595. The van der Waals surface area contributed by atoms with Crippen LogP contribution in [0.1, 0.15) is 6.42 Å². The largest absolute Gasteiger partial charge is 0.503 e. The zero-order chi connectivity index (χ0) is 7.11. The van der Waals surface area contributed by atoms with Crippen LogP contribution in [-0.4, -0.2) is 23.0 Å². The Morgan fingerprint density at radius 1 is 1.56 bits per heavy atom. The van der Waals surface area contributed by atoms with Crippen molar-refractivity contribution in [2.24, 2.45) is 0 Å². The van der Waals surface area contributed by atoms with E-state index in [9.17, 15) is 0 Å². The SMILES string of the molecule is C1=COCC1.O=C(O)O. The highest BCUT2D eigenvalue weighted by Crippen LogP contribution is 1.93. The molecule has 0 aromatic rings. The Labute approximate surface area is 52.4 Å². The zero-order valence-electron chi connectivity index (χ0n) is 4.78. The lowest BCUT2D eigenvalue weighted by molar-refractivity contribution is 0.137. The normalized spacial score (nSPS) is 13.3. The van der Waals surface area contributed by atoms with E-state index >= 15 is 0 Å². The predicted octanol–water partition coefficient (Wildman–Crippen LogP) is 1.14. The van der Waals surface area contributed by atoms with Gasteiger partial charge in [-0.15, -0.1) is 0 Å². The zero-order valence-corrected chi connectivity index (χ0v) is 4.78. The van der Waals surface area contributed by atoms with Gasteiger partial charge in [0, 0.05) is 6.42 Å². The average molecular weight is 132 g/mol. The molecule has 4 heteroatoms. The molecule has 0 fully saturated rings. The highest BCUT2D eigenvalue weighted by Gasteiger charge is 1.83. The lowest BCUT2D eigenvalue weighted by Crippen LogP contribution is -1.81. The third-order valence-corrected chi connectivity index (χ3v) is 0.595. The molecule has 0 aromatic carbocycles. The molecule has 1 aliphatic heterocycles. The summed E-state index contributed by atoms with van der Waals surface area (Å²) in [6.07, 6.45) is 3.01. The van der Waals surface area contributed by atoms with Gasteiger partial charge in [-0.05, 0) is 6.08 Å². The van der Waals surface area contributed by atoms with E-state index in [-0.39, 0.29) is 0 Å². The molecule has 0 saturated heterocycles. The molecule has 0 atom stereocenters. The summed E-state index contributed by atoms with van der Waals surface area (Å²) in [5.41, 5.74) is 0. The van der Waals surface area contributed by atoms with Gasteiger partial charge in [0.25, 0.3) is 0 Å². The molecule has 52 valence electrons. The molecule has 0 aromatic heterocycles.